The summed E-state index contributed by atoms with van der Waals surface area (Å²) >= 11 is 0. The molecule has 0 amide bonds. The molecule has 0 heterocycles. The van der Waals surface area contributed by atoms with Crippen LogP contribution >= 0.6 is 0 Å². The molecule has 0 spiro atoms. The molecule has 3 nitrogen and oxygen atoms in total. The van der Waals surface area contributed by atoms with Crippen molar-refractivity contribution in [1.82, 2.24) is 0 Å². The molecule has 0 bridgehead atoms. The second-order valence-electron chi connectivity index (χ2n) is 5.39. The summed E-state index contributed by atoms with van der Waals surface area (Å²) < 4.78 is 145. The Balaban J connectivity index is 3.47. The van der Waals surface area contributed by atoms with Crippen LogP contribution in [-0.4, -0.2) is 21.4 Å². The molecule has 1 atom stereocenters. The highest BCUT2D eigenvalue weighted by Crippen LogP contribution is 2.44. The van der Waals surface area contributed by atoms with Crippen LogP contribution in [0.3, 0.4) is 0 Å². The second kappa shape index (κ2) is 6.96. The highest BCUT2D eigenvalue weighted by atomic mass is 28.4. The largest absolute Gasteiger partial charge is 0.467 e. The average Bonchev–Trinajstić information content (AvgIpc) is 2.77. The number of hydrogen-bond acceptors (Lipinski definition) is 3. The molecule has 0 aliphatic heterocycles. The number of hydrogen-bond donors (Lipinski definition) is 0. The van der Waals surface area contributed by atoms with Crippen molar-refractivity contribution in [3.8, 4) is 0 Å². The molecule has 1 aliphatic rings. The van der Waals surface area contributed by atoms with Gasteiger partial charge >= 0.3 is 5.97 Å². The summed E-state index contributed by atoms with van der Waals surface area (Å²) in [6, 6.07) is -5.60. The molecule has 1 unspecified atom stereocenters. The zero-order valence-electron chi connectivity index (χ0n) is 28.7. The Kier molecular flexibility index (Phi) is 1.82. The fraction of sp³-hybridized carbons (Fsp3) is 0.611. The summed E-state index contributed by atoms with van der Waals surface area (Å²) in [6.07, 6.45) is -20.4. The van der Waals surface area contributed by atoms with Crippen LogP contribution in [0, 0.1) is 5.89 Å². The zero-order valence-corrected chi connectivity index (χ0v) is 13.7. The van der Waals surface area contributed by atoms with E-state index in [0.29, 0.717) is 7.11 Å². The summed E-state index contributed by atoms with van der Waals surface area (Å²) in [5.41, 5.74) is -5.00. The molecule has 0 saturated heterocycles. The maximum atomic E-state index is 13.7. The Bertz CT molecular complexity index is 1100. The quantitative estimate of drug-likeness (QED) is 0.587. The van der Waals surface area contributed by atoms with Crippen molar-refractivity contribution in [1.29, 1.82) is 0 Å². The van der Waals surface area contributed by atoms with E-state index in [9.17, 15) is 6.17 Å². The molecule has 1 aliphatic carbocycles. The molecule has 1 fully saturated rings. The summed E-state index contributed by atoms with van der Waals surface area (Å²) in [5.74, 6) is -6.07. The van der Waals surface area contributed by atoms with E-state index in [1.807, 2.05) is 0 Å². The Morgan fingerprint density at radius 3 is 2.36 bits per heavy atom. The number of methoxy groups -OCH3 is 1. The molecule has 1 saturated carbocycles. The lowest BCUT2D eigenvalue weighted by Crippen LogP contribution is -2.52. The number of ether oxygens (including phenoxy) is 1. The van der Waals surface area contributed by atoms with Crippen molar-refractivity contribution in [3.63, 3.8) is 0 Å². The van der Waals surface area contributed by atoms with Crippen molar-refractivity contribution < 1.29 is 35.9 Å². The lowest BCUT2D eigenvalue weighted by molar-refractivity contribution is -0.169. The lowest BCUT2D eigenvalue weighted by atomic mass is 9.73. The second-order valence-corrected chi connectivity index (χ2v) is 9.82. The third-order valence-corrected chi connectivity index (χ3v) is 3.55. The number of esters is 1. The van der Waals surface area contributed by atoms with Crippen molar-refractivity contribution in [2.45, 2.75) is 57.1 Å². The normalized spacial score (nSPS) is 42.9. The predicted molar refractivity (Wildman–Crippen MR) is 91.1 cm³/mol. The molecule has 1 aromatic rings. The number of carbonyl (C=O) groups is 1. The molecule has 122 valence electrons. The summed E-state index contributed by atoms with van der Waals surface area (Å²) in [6.45, 7) is 4.08. The van der Waals surface area contributed by atoms with Gasteiger partial charge in [-0.15, -0.1) is 0 Å². The van der Waals surface area contributed by atoms with Gasteiger partial charge in [0.1, 0.15) is 0 Å². The van der Waals surface area contributed by atoms with Gasteiger partial charge in [-0.25, -0.2) is 4.79 Å². The molecule has 1 aromatic carbocycles. The number of rotatable bonds is 5. The van der Waals surface area contributed by atoms with E-state index < -0.39 is 93.4 Å². The topological polar surface area (TPSA) is 35.5 Å². The molecule has 0 N–H and O–H groups in total. The monoisotopic (exact) mass is 336 g/mol. The van der Waals surface area contributed by atoms with E-state index in [2.05, 4.69) is 0 Å². The molecule has 4 heteroatoms. The maximum absolute atomic E-state index is 13.7. The van der Waals surface area contributed by atoms with Crippen LogP contribution in [0.25, 0.3) is 0 Å². The number of benzene rings is 1. The van der Waals surface area contributed by atoms with Gasteiger partial charge < -0.3 is 9.16 Å². The van der Waals surface area contributed by atoms with Gasteiger partial charge in [-0.05, 0) is 38.0 Å². The van der Waals surface area contributed by atoms with Crippen LogP contribution < -0.4 is 0 Å². The van der Waals surface area contributed by atoms with Gasteiger partial charge in [0.05, 0.1) is 14.0 Å². The Morgan fingerprint density at radius 1 is 1.27 bits per heavy atom. The van der Waals surface area contributed by atoms with Gasteiger partial charge in [0, 0.05) is 21.0 Å². The first kappa shape index (κ1) is 5.74. The Labute approximate surface area is 157 Å². The first-order valence-electron chi connectivity index (χ1n) is 14.5. The van der Waals surface area contributed by atoms with Gasteiger partial charge in [-0.3, -0.25) is 0 Å². The summed E-state index contributed by atoms with van der Waals surface area (Å²) in [4.78, 5) is 13.7. The fourth-order valence-corrected chi connectivity index (χ4v) is 3.13. The van der Waals surface area contributed by atoms with Crippen molar-refractivity contribution in [2.24, 2.45) is 5.89 Å². The van der Waals surface area contributed by atoms with Crippen molar-refractivity contribution in [2.75, 3.05) is 7.11 Å². The van der Waals surface area contributed by atoms with E-state index in [1.165, 1.54) is 19.6 Å². The van der Waals surface area contributed by atoms with E-state index >= 15 is 0 Å². The van der Waals surface area contributed by atoms with Crippen LogP contribution in [-0.2, 0) is 19.6 Å². The zero-order chi connectivity index (χ0) is 30.5. The van der Waals surface area contributed by atoms with Crippen LogP contribution in [0.15, 0.2) is 30.2 Å². The van der Waals surface area contributed by atoms with E-state index in [4.69, 9.17) is 29.7 Å². The third-order valence-electron chi connectivity index (χ3n) is 2.64. The lowest BCUT2D eigenvalue weighted by Gasteiger charge is -2.44. The van der Waals surface area contributed by atoms with Gasteiger partial charge in [-0.2, -0.15) is 0 Å². The number of carbonyl (C=O) groups excluding carboxylic acids is 1. The first-order valence-corrected chi connectivity index (χ1v) is 9.88. The molecular weight excluding hydrogens is 292 g/mol. The average molecular weight is 337 g/mol. The fourth-order valence-electron chi connectivity index (χ4n) is 1.93. The summed E-state index contributed by atoms with van der Waals surface area (Å²) in [7, 11) is -2.77. The van der Waals surface area contributed by atoms with Gasteiger partial charge in [0.25, 0.3) is 0 Å². The van der Waals surface area contributed by atoms with Gasteiger partial charge in [0.2, 0.25) is 0 Å². The smallest absolute Gasteiger partial charge is 0.342 e. The minimum atomic E-state index is -4.20. The van der Waals surface area contributed by atoms with E-state index in [1.54, 1.807) is 0 Å². The third kappa shape index (κ3) is 3.61. The minimum absolute atomic E-state index is 0.694. The maximum Gasteiger partial charge on any atom is 0.342 e. The van der Waals surface area contributed by atoms with Crippen molar-refractivity contribution in [3.05, 3.63) is 35.8 Å². The van der Waals surface area contributed by atoms with E-state index in [0.717, 1.165) is 0 Å². The standard InChI is InChI=1S/C18H28O3Si/c1-20-17(19)18(21-22(2,3)4,15-11-7-5-8-12-15)16-13-9-6-10-14-16/h5,7-8,11-12,16H,6,9-10,13-14H2,1-4H3/i5D,6D2,7D,8D,9D2,10D2,11D,12D,13D2,14D2,16D. The molecule has 2 rings (SSSR count). The van der Waals surface area contributed by atoms with Crippen molar-refractivity contribution >= 4 is 14.3 Å². The van der Waals surface area contributed by atoms with Crippen LogP contribution in [0.1, 0.15) is 59.4 Å². The molecule has 0 radical (unpaired) electrons. The molecule has 0 aromatic heterocycles. The predicted octanol–water partition coefficient (Wildman–Crippen LogP) is 4.49. The highest BCUT2D eigenvalue weighted by molar-refractivity contribution is 6.70. The SMILES string of the molecule is [2H]c1c([2H])c([2H])c(C(O[Si](C)(C)C)(C(=O)OC)C2([2H])C([2H])([2H])C([2H])([2H])C([2H])([2H])C([2H])([2H])C2([2H])[2H])c([2H])c1[2H]. The van der Waals surface area contributed by atoms with Crippen LogP contribution in [0.5, 0.6) is 0 Å². The van der Waals surface area contributed by atoms with Crippen LogP contribution in [0.2, 0.25) is 19.6 Å². The highest BCUT2D eigenvalue weighted by Gasteiger charge is 2.51. The first-order chi connectivity index (χ1) is 16.6. The van der Waals surface area contributed by atoms with Gasteiger partial charge in [0.15, 0.2) is 13.9 Å². The van der Waals surface area contributed by atoms with E-state index in [-0.39, 0.29) is 0 Å². The molecular formula is C18H28O3Si. The molecule has 22 heavy (non-hydrogen) atoms. The Hall–Kier alpha value is -1.13. The minimum Gasteiger partial charge on any atom is -0.467 e. The summed E-state index contributed by atoms with van der Waals surface area (Å²) in [5, 5.41) is 0. The van der Waals surface area contributed by atoms with Gasteiger partial charge in [-0.1, -0.05) is 49.3 Å². The Morgan fingerprint density at radius 2 is 1.86 bits per heavy atom. The van der Waals surface area contributed by atoms with Crippen LogP contribution in [0.4, 0.5) is 0 Å².